The molecule has 0 amide bonds. The summed E-state index contributed by atoms with van der Waals surface area (Å²) in [5.41, 5.74) is 0.613. The lowest BCUT2D eigenvalue weighted by atomic mass is 9.81. The van der Waals surface area contributed by atoms with Crippen molar-refractivity contribution in [1.29, 1.82) is 0 Å². The van der Waals surface area contributed by atoms with Crippen molar-refractivity contribution in [2.24, 2.45) is 0 Å². The van der Waals surface area contributed by atoms with Crippen molar-refractivity contribution < 1.29 is 14.7 Å². The van der Waals surface area contributed by atoms with Gasteiger partial charge in [0.05, 0.1) is 7.11 Å². The summed E-state index contributed by atoms with van der Waals surface area (Å²) in [6.45, 7) is 0. The Kier molecular flexibility index (Phi) is 3.03. The van der Waals surface area contributed by atoms with E-state index < -0.39 is 7.12 Å². The Morgan fingerprint density at radius 1 is 1.45 bits per heavy atom. The first-order chi connectivity index (χ1) is 5.34. The highest BCUT2D eigenvalue weighted by Crippen LogP contribution is 1.84. The fraction of sp³-hybridized carbons (Fsp3) is 0.167. The maximum atomic E-state index is 9.15. The van der Waals surface area contributed by atoms with Gasteiger partial charge in [-0.05, 0) is 17.6 Å². The molecule has 0 saturated heterocycles. The minimum Gasteiger partial charge on any atom is -0.422 e. The largest absolute Gasteiger partial charge is 0.523 e. The van der Waals surface area contributed by atoms with Gasteiger partial charge in [-0.15, -0.1) is 0 Å². The molecule has 0 aliphatic rings. The maximum Gasteiger partial charge on any atom is 0.523 e. The van der Waals surface area contributed by atoms with Crippen LogP contribution in [0.5, 0.6) is 0 Å². The molecule has 1 rings (SSSR count). The van der Waals surface area contributed by atoms with Crippen LogP contribution < -0.4 is 5.46 Å². The van der Waals surface area contributed by atoms with Gasteiger partial charge in [0.1, 0.15) is 0 Å². The van der Waals surface area contributed by atoms with Crippen molar-refractivity contribution in [3.63, 3.8) is 0 Å². The molecule has 0 radical (unpaired) electrons. The minimum atomic E-state index is -1.04. The summed E-state index contributed by atoms with van der Waals surface area (Å²) in [6.07, 6.45) is 3.13. The predicted octanol–water partition coefficient (Wildman–Crippen LogP) is -0.653. The molecule has 0 aliphatic heterocycles. The minimum absolute atomic E-state index is 0.613. The lowest BCUT2D eigenvalue weighted by molar-refractivity contribution is -0.193. The van der Waals surface area contributed by atoms with E-state index in [2.05, 4.69) is 14.7 Å². The van der Waals surface area contributed by atoms with E-state index in [0.29, 0.717) is 5.46 Å². The van der Waals surface area contributed by atoms with Crippen molar-refractivity contribution >= 4 is 12.6 Å². The van der Waals surface area contributed by atoms with E-state index in [4.69, 9.17) is 5.02 Å². The third kappa shape index (κ3) is 2.30. The SMILES string of the molecule is COOB(O)c1ccncc1. The second kappa shape index (κ2) is 4.07. The van der Waals surface area contributed by atoms with E-state index in [9.17, 15) is 0 Å². The Balaban J connectivity index is 2.61. The predicted molar refractivity (Wildman–Crippen MR) is 39.9 cm³/mol. The van der Waals surface area contributed by atoms with Crippen LogP contribution in [0.3, 0.4) is 0 Å². The molecule has 58 valence electrons. The van der Waals surface area contributed by atoms with E-state index in [0.717, 1.165) is 0 Å². The zero-order chi connectivity index (χ0) is 8.10. The Morgan fingerprint density at radius 3 is 2.64 bits per heavy atom. The summed E-state index contributed by atoms with van der Waals surface area (Å²) in [6, 6.07) is 3.29. The average Bonchev–Trinajstić information content (AvgIpc) is 2.07. The average molecular weight is 153 g/mol. The summed E-state index contributed by atoms with van der Waals surface area (Å²) in [7, 11) is 0.299. The van der Waals surface area contributed by atoms with Crippen molar-refractivity contribution in [3.05, 3.63) is 24.5 Å². The number of hydrogen-bond acceptors (Lipinski definition) is 4. The van der Waals surface area contributed by atoms with Crippen molar-refractivity contribution in [1.82, 2.24) is 4.98 Å². The molecule has 0 spiro atoms. The summed E-state index contributed by atoms with van der Waals surface area (Å²) >= 11 is 0. The van der Waals surface area contributed by atoms with Gasteiger partial charge in [0.2, 0.25) is 0 Å². The van der Waals surface area contributed by atoms with E-state index in [-0.39, 0.29) is 0 Å². The van der Waals surface area contributed by atoms with Crippen LogP contribution in [0.25, 0.3) is 0 Å². The molecule has 1 heterocycles. The topological polar surface area (TPSA) is 51.6 Å². The van der Waals surface area contributed by atoms with Crippen molar-refractivity contribution in [2.75, 3.05) is 7.11 Å². The monoisotopic (exact) mass is 153 g/mol. The molecule has 0 aromatic carbocycles. The standard InChI is InChI=1S/C6H8BNO3/c1-10-11-7(9)6-2-4-8-5-3-6/h2-5,9H,1H3. The molecule has 0 unspecified atom stereocenters. The van der Waals surface area contributed by atoms with Crippen LogP contribution in [-0.2, 0) is 9.69 Å². The van der Waals surface area contributed by atoms with Crippen LogP contribution in [-0.4, -0.2) is 24.2 Å². The van der Waals surface area contributed by atoms with Crippen LogP contribution in [0.4, 0.5) is 0 Å². The summed E-state index contributed by atoms with van der Waals surface area (Å²) in [4.78, 5) is 12.5. The molecule has 4 nitrogen and oxygen atoms in total. The summed E-state index contributed by atoms with van der Waals surface area (Å²) < 4.78 is 0. The highest BCUT2D eigenvalue weighted by molar-refractivity contribution is 6.59. The lowest BCUT2D eigenvalue weighted by Gasteiger charge is -2.02. The first kappa shape index (κ1) is 8.19. The van der Waals surface area contributed by atoms with E-state index in [1.165, 1.54) is 7.11 Å². The number of rotatable bonds is 3. The lowest BCUT2D eigenvalue weighted by Crippen LogP contribution is -2.33. The Bertz CT molecular complexity index is 206. The van der Waals surface area contributed by atoms with Gasteiger partial charge < -0.3 is 5.02 Å². The number of pyridine rings is 1. The normalized spacial score (nSPS) is 9.64. The zero-order valence-electron chi connectivity index (χ0n) is 6.10. The van der Waals surface area contributed by atoms with Gasteiger partial charge in [0.25, 0.3) is 0 Å². The number of aromatic nitrogens is 1. The second-order valence-electron chi connectivity index (χ2n) is 1.90. The van der Waals surface area contributed by atoms with Crippen LogP contribution in [0.2, 0.25) is 0 Å². The fourth-order valence-electron chi connectivity index (χ4n) is 0.675. The van der Waals surface area contributed by atoms with E-state index in [1.54, 1.807) is 24.5 Å². The smallest absolute Gasteiger partial charge is 0.422 e. The van der Waals surface area contributed by atoms with E-state index >= 15 is 0 Å². The van der Waals surface area contributed by atoms with Gasteiger partial charge in [0.15, 0.2) is 0 Å². The number of nitrogens with zero attached hydrogens (tertiary/aromatic N) is 1. The van der Waals surface area contributed by atoms with Gasteiger partial charge in [-0.1, -0.05) is 0 Å². The molecule has 11 heavy (non-hydrogen) atoms. The Hall–Kier alpha value is -0.905. The maximum absolute atomic E-state index is 9.15. The molecule has 0 bridgehead atoms. The highest BCUT2D eigenvalue weighted by atomic mass is 17.2. The first-order valence-corrected chi connectivity index (χ1v) is 3.12. The van der Waals surface area contributed by atoms with Crippen LogP contribution in [0.15, 0.2) is 24.5 Å². The van der Waals surface area contributed by atoms with Crippen LogP contribution in [0, 0.1) is 0 Å². The molecular formula is C6H8BNO3. The third-order valence-electron chi connectivity index (χ3n) is 1.18. The van der Waals surface area contributed by atoms with Gasteiger partial charge in [-0.25, -0.2) is 0 Å². The third-order valence-corrected chi connectivity index (χ3v) is 1.18. The summed E-state index contributed by atoms with van der Waals surface area (Å²) in [5, 5.41) is 9.15. The van der Waals surface area contributed by atoms with Crippen molar-refractivity contribution in [3.8, 4) is 0 Å². The molecule has 0 atom stereocenters. The zero-order valence-corrected chi connectivity index (χ0v) is 6.10. The van der Waals surface area contributed by atoms with Gasteiger partial charge in [-0.3, -0.25) is 14.7 Å². The quantitative estimate of drug-likeness (QED) is 0.356. The first-order valence-electron chi connectivity index (χ1n) is 3.12. The highest BCUT2D eigenvalue weighted by Gasteiger charge is 2.15. The Labute approximate surface area is 64.9 Å². The molecule has 1 aromatic rings. The Morgan fingerprint density at radius 2 is 2.09 bits per heavy atom. The van der Waals surface area contributed by atoms with Crippen LogP contribution >= 0.6 is 0 Å². The summed E-state index contributed by atoms with van der Waals surface area (Å²) in [5.74, 6) is 0. The molecule has 1 aromatic heterocycles. The second-order valence-corrected chi connectivity index (χ2v) is 1.90. The molecule has 1 N–H and O–H groups in total. The van der Waals surface area contributed by atoms with Crippen molar-refractivity contribution in [2.45, 2.75) is 0 Å². The molecular weight excluding hydrogens is 145 g/mol. The van der Waals surface area contributed by atoms with Gasteiger partial charge in [0, 0.05) is 12.4 Å². The van der Waals surface area contributed by atoms with Crippen LogP contribution in [0.1, 0.15) is 0 Å². The molecule has 5 heteroatoms. The molecule has 0 fully saturated rings. The van der Waals surface area contributed by atoms with Gasteiger partial charge in [-0.2, -0.15) is 0 Å². The fourth-order valence-corrected chi connectivity index (χ4v) is 0.675. The van der Waals surface area contributed by atoms with Gasteiger partial charge >= 0.3 is 7.12 Å². The number of hydrogen-bond donors (Lipinski definition) is 1. The molecule has 0 aliphatic carbocycles. The molecule has 0 saturated carbocycles. The van der Waals surface area contributed by atoms with E-state index in [1.807, 2.05) is 0 Å².